The van der Waals surface area contributed by atoms with Crippen molar-refractivity contribution in [2.75, 3.05) is 0 Å². The minimum atomic E-state index is 0.0409. The molecule has 0 atom stereocenters. The molecule has 0 aliphatic heterocycles. The van der Waals surface area contributed by atoms with Gasteiger partial charge in [0.25, 0.3) is 5.89 Å². The van der Waals surface area contributed by atoms with E-state index in [9.17, 15) is 5.11 Å². The Morgan fingerprint density at radius 3 is 3.00 bits per heavy atom. The SMILES string of the molecule is CC(C)SCc1noc(-c2ccncc2O)n1. The first-order chi connectivity index (χ1) is 8.16. The molecule has 0 bridgehead atoms. The van der Waals surface area contributed by atoms with Crippen LogP contribution in [0.15, 0.2) is 23.0 Å². The molecule has 2 heterocycles. The Hall–Kier alpha value is -1.56. The summed E-state index contributed by atoms with van der Waals surface area (Å²) < 4.78 is 5.10. The molecule has 0 saturated heterocycles. The molecule has 0 fully saturated rings. The van der Waals surface area contributed by atoms with Gasteiger partial charge >= 0.3 is 0 Å². The average molecular weight is 251 g/mol. The van der Waals surface area contributed by atoms with E-state index in [1.54, 1.807) is 24.0 Å². The van der Waals surface area contributed by atoms with Crippen LogP contribution in [-0.4, -0.2) is 25.5 Å². The second-order valence-electron chi connectivity index (χ2n) is 3.77. The standard InChI is InChI=1S/C11H13N3O2S/c1-7(2)17-6-10-13-11(16-14-10)8-3-4-12-5-9(8)15/h3-5,7,15H,6H2,1-2H3. The maximum Gasteiger partial charge on any atom is 0.261 e. The van der Waals surface area contributed by atoms with Crippen molar-refractivity contribution >= 4 is 11.8 Å². The summed E-state index contributed by atoms with van der Waals surface area (Å²) in [5.41, 5.74) is 0.508. The van der Waals surface area contributed by atoms with Crippen LogP contribution in [0.4, 0.5) is 0 Å². The molecule has 0 aliphatic carbocycles. The van der Waals surface area contributed by atoms with Gasteiger partial charge in [-0.25, -0.2) is 0 Å². The molecular formula is C11H13N3O2S. The van der Waals surface area contributed by atoms with Crippen molar-refractivity contribution < 1.29 is 9.63 Å². The van der Waals surface area contributed by atoms with Gasteiger partial charge in [0.1, 0.15) is 5.75 Å². The monoisotopic (exact) mass is 251 g/mol. The average Bonchev–Trinajstić information content (AvgIpc) is 2.75. The van der Waals surface area contributed by atoms with E-state index < -0.39 is 0 Å². The van der Waals surface area contributed by atoms with Crippen molar-refractivity contribution in [2.24, 2.45) is 0 Å². The maximum atomic E-state index is 9.60. The van der Waals surface area contributed by atoms with E-state index in [2.05, 4.69) is 29.0 Å². The van der Waals surface area contributed by atoms with Crippen molar-refractivity contribution in [3.05, 3.63) is 24.3 Å². The summed E-state index contributed by atoms with van der Waals surface area (Å²) in [5.74, 6) is 1.70. The highest BCUT2D eigenvalue weighted by Gasteiger charge is 2.12. The van der Waals surface area contributed by atoms with Crippen LogP contribution in [0, 0.1) is 0 Å². The Balaban J connectivity index is 2.16. The number of hydrogen-bond acceptors (Lipinski definition) is 6. The Morgan fingerprint density at radius 2 is 2.29 bits per heavy atom. The molecule has 1 N–H and O–H groups in total. The number of rotatable bonds is 4. The highest BCUT2D eigenvalue weighted by molar-refractivity contribution is 7.99. The smallest absolute Gasteiger partial charge is 0.261 e. The predicted octanol–water partition coefficient (Wildman–Crippen LogP) is 2.48. The lowest BCUT2D eigenvalue weighted by Gasteiger charge is -1.99. The van der Waals surface area contributed by atoms with Gasteiger partial charge < -0.3 is 9.63 Å². The van der Waals surface area contributed by atoms with Crippen LogP contribution in [0.5, 0.6) is 5.75 Å². The van der Waals surface area contributed by atoms with E-state index >= 15 is 0 Å². The van der Waals surface area contributed by atoms with Crippen molar-refractivity contribution in [3.63, 3.8) is 0 Å². The lowest BCUT2D eigenvalue weighted by molar-refractivity contribution is 0.419. The summed E-state index contributed by atoms with van der Waals surface area (Å²) in [6.45, 7) is 4.22. The fourth-order valence-electron chi connectivity index (χ4n) is 1.23. The molecule has 2 aromatic rings. The lowest BCUT2D eigenvalue weighted by atomic mass is 10.2. The zero-order chi connectivity index (χ0) is 12.3. The predicted molar refractivity (Wildman–Crippen MR) is 65.6 cm³/mol. The maximum absolute atomic E-state index is 9.60. The molecule has 0 aliphatic rings. The number of nitrogens with zero attached hydrogens (tertiary/aromatic N) is 3. The van der Waals surface area contributed by atoms with Gasteiger partial charge in [0, 0.05) is 6.20 Å². The third kappa shape index (κ3) is 2.97. The van der Waals surface area contributed by atoms with Crippen LogP contribution >= 0.6 is 11.8 Å². The molecule has 5 nitrogen and oxygen atoms in total. The van der Waals surface area contributed by atoms with E-state index in [-0.39, 0.29) is 5.75 Å². The molecule has 0 unspecified atom stereocenters. The molecular weight excluding hydrogens is 238 g/mol. The zero-order valence-corrected chi connectivity index (χ0v) is 10.4. The van der Waals surface area contributed by atoms with Gasteiger partial charge in [0.05, 0.1) is 17.5 Å². The molecule has 2 rings (SSSR count). The molecule has 0 aromatic carbocycles. The highest BCUT2D eigenvalue weighted by atomic mass is 32.2. The largest absolute Gasteiger partial charge is 0.505 e. The topological polar surface area (TPSA) is 72.0 Å². The first-order valence-electron chi connectivity index (χ1n) is 5.24. The quantitative estimate of drug-likeness (QED) is 0.900. The third-order valence-electron chi connectivity index (χ3n) is 2.04. The molecule has 0 saturated carbocycles. The van der Waals surface area contributed by atoms with Crippen LogP contribution in [-0.2, 0) is 5.75 Å². The van der Waals surface area contributed by atoms with Crippen molar-refractivity contribution in [1.82, 2.24) is 15.1 Å². The Bertz CT molecular complexity index is 499. The van der Waals surface area contributed by atoms with E-state index in [1.165, 1.54) is 6.20 Å². The zero-order valence-electron chi connectivity index (χ0n) is 9.62. The first-order valence-corrected chi connectivity index (χ1v) is 6.29. The Kier molecular flexibility index (Phi) is 3.63. The summed E-state index contributed by atoms with van der Waals surface area (Å²) in [7, 11) is 0. The van der Waals surface area contributed by atoms with Gasteiger partial charge in [-0.1, -0.05) is 19.0 Å². The summed E-state index contributed by atoms with van der Waals surface area (Å²) >= 11 is 1.74. The molecule has 2 aromatic heterocycles. The molecule has 0 radical (unpaired) electrons. The van der Waals surface area contributed by atoms with Gasteiger partial charge in [0.15, 0.2) is 5.82 Å². The van der Waals surface area contributed by atoms with Crippen LogP contribution in [0.25, 0.3) is 11.5 Å². The molecule has 0 amide bonds. The molecule has 90 valence electrons. The van der Waals surface area contributed by atoms with Crippen LogP contribution < -0.4 is 0 Å². The van der Waals surface area contributed by atoms with Crippen LogP contribution in [0.3, 0.4) is 0 Å². The van der Waals surface area contributed by atoms with E-state index in [0.29, 0.717) is 28.3 Å². The normalized spacial score (nSPS) is 11.0. The van der Waals surface area contributed by atoms with Crippen LogP contribution in [0.2, 0.25) is 0 Å². The molecule has 17 heavy (non-hydrogen) atoms. The van der Waals surface area contributed by atoms with Crippen molar-refractivity contribution in [3.8, 4) is 17.2 Å². The fraction of sp³-hybridized carbons (Fsp3) is 0.364. The minimum absolute atomic E-state index is 0.0409. The lowest BCUT2D eigenvalue weighted by Crippen LogP contribution is -1.90. The number of aromatic hydroxyl groups is 1. The molecule has 6 heteroatoms. The van der Waals surface area contributed by atoms with Gasteiger partial charge in [-0.3, -0.25) is 4.98 Å². The summed E-state index contributed by atoms with van der Waals surface area (Å²) in [5, 5.41) is 14.0. The minimum Gasteiger partial charge on any atom is -0.505 e. The van der Waals surface area contributed by atoms with Crippen molar-refractivity contribution in [1.29, 1.82) is 0 Å². The van der Waals surface area contributed by atoms with E-state index in [4.69, 9.17) is 4.52 Å². The van der Waals surface area contributed by atoms with Gasteiger partial charge in [0.2, 0.25) is 0 Å². The Morgan fingerprint density at radius 1 is 1.47 bits per heavy atom. The fourth-order valence-corrected chi connectivity index (χ4v) is 1.83. The summed E-state index contributed by atoms with van der Waals surface area (Å²) in [6, 6.07) is 1.64. The van der Waals surface area contributed by atoms with Gasteiger partial charge in [-0.05, 0) is 11.3 Å². The summed E-state index contributed by atoms with van der Waals surface area (Å²) in [6.07, 6.45) is 2.92. The molecule has 0 spiro atoms. The van der Waals surface area contributed by atoms with Crippen molar-refractivity contribution in [2.45, 2.75) is 24.9 Å². The van der Waals surface area contributed by atoms with E-state index in [1.807, 2.05) is 0 Å². The second-order valence-corrected chi connectivity index (χ2v) is 5.33. The number of hydrogen-bond donors (Lipinski definition) is 1. The third-order valence-corrected chi connectivity index (χ3v) is 3.14. The summed E-state index contributed by atoms with van der Waals surface area (Å²) in [4.78, 5) is 8.02. The van der Waals surface area contributed by atoms with Gasteiger partial charge in [-0.15, -0.1) is 0 Å². The first kappa shape index (κ1) is 11.9. The van der Waals surface area contributed by atoms with Crippen LogP contribution in [0.1, 0.15) is 19.7 Å². The van der Waals surface area contributed by atoms with Gasteiger partial charge in [-0.2, -0.15) is 16.7 Å². The Labute approximate surface area is 103 Å². The number of pyridine rings is 1. The number of thioether (sulfide) groups is 1. The number of aromatic nitrogens is 3. The second kappa shape index (κ2) is 5.18. The highest BCUT2D eigenvalue weighted by Crippen LogP contribution is 2.26. The van der Waals surface area contributed by atoms with E-state index in [0.717, 1.165) is 0 Å².